The Kier molecular flexibility index (Phi) is 4.46. The quantitative estimate of drug-likeness (QED) is 0.329. The number of rotatable bonds is 4. The minimum Gasteiger partial charge on any atom is -0.361 e. The number of para-hydroxylation sites is 2. The van der Waals surface area contributed by atoms with Gasteiger partial charge in [-0.15, -0.1) is 0 Å². The standard InChI is InChI=1S/C29H25N3/c1-30-16-17-31(21-30)25-11-7-8-22(19-25)18-23-14-15-29-27(20-23)26-12-5-6-13-28(26)32(29)24-9-3-2-4-10-24/h2-17,19-20H,18,21H2,1H3. The second-order valence-electron chi connectivity index (χ2n) is 8.55. The molecule has 0 unspecified atom stereocenters. The number of benzene rings is 4. The SMILES string of the molecule is CN1C=CN(c2cccc(Cc3ccc4c(c3)c3ccccc3n4-c3ccccc3)c2)C1. The van der Waals surface area contributed by atoms with Gasteiger partial charge >= 0.3 is 0 Å². The topological polar surface area (TPSA) is 11.4 Å². The summed E-state index contributed by atoms with van der Waals surface area (Å²) in [5, 5.41) is 2.61. The highest BCUT2D eigenvalue weighted by Gasteiger charge is 2.13. The molecule has 0 atom stereocenters. The van der Waals surface area contributed by atoms with E-state index in [-0.39, 0.29) is 0 Å². The molecule has 0 saturated carbocycles. The largest absolute Gasteiger partial charge is 0.361 e. The number of fused-ring (bicyclic) bond motifs is 3. The zero-order valence-electron chi connectivity index (χ0n) is 18.1. The van der Waals surface area contributed by atoms with Crippen LogP contribution in [-0.2, 0) is 6.42 Å². The summed E-state index contributed by atoms with van der Waals surface area (Å²) in [6, 6.07) is 35.1. The molecule has 0 aliphatic carbocycles. The molecule has 5 aromatic rings. The zero-order valence-corrected chi connectivity index (χ0v) is 18.1. The molecule has 0 fully saturated rings. The number of aromatic nitrogens is 1. The molecular weight excluding hydrogens is 390 g/mol. The van der Waals surface area contributed by atoms with Crippen molar-refractivity contribution < 1.29 is 0 Å². The number of hydrogen-bond donors (Lipinski definition) is 0. The van der Waals surface area contributed by atoms with Crippen LogP contribution in [0.15, 0.2) is 109 Å². The molecule has 156 valence electrons. The molecule has 0 N–H and O–H groups in total. The van der Waals surface area contributed by atoms with Gasteiger partial charge < -0.3 is 14.4 Å². The maximum Gasteiger partial charge on any atom is 0.0938 e. The fourth-order valence-electron chi connectivity index (χ4n) is 4.76. The molecule has 2 heterocycles. The summed E-state index contributed by atoms with van der Waals surface area (Å²) in [4.78, 5) is 4.46. The van der Waals surface area contributed by atoms with Gasteiger partial charge in [-0.1, -0.05) is 54.6 Å². The van der Waals surface area contributed by atoms with E-state index in [0.717, 1.165) is 13.1 Å². The maximum atomic E-state index is 2.37. The van der Waals surface area contributed by atoms with Crippen molar-refractivity contribution in [2.45, 2.75) is 6.42 Å². The van der Waals surface area contributed by atoms with Crippen molar-refractivity contribution in [3.05, 3.63) is 121 Å². The third kappa shape index (κ3) is 3.23. The van der Waals surface area contributed by atoms with E-state index in [1.807, 2.05) is 0 Å². The van der Waals surface area contributed by atoms with E-state index in [0.29, 0.717) is 0 Å². The number of nitrogens with zero attached hydrogens (tertiary/aromatic N) is 3. The van der Waals surface area contributed by atoms with Gasteiger partial charge in [-0.2, -0.15) is 0 Å². The monoisotopic (exact) mass is 415 g/mol. The van der Waals surface area contributed by atoms with Crippen LogP contribution in [-0.4, -0.2) is 23.2 Å². The van der Waals surface area contributed by atoms with Gasteiger partial charge in [0.05, 0.1) is 17.7 Å². The van der Waals surface area contributed by atoms with Gasteiger partial charge in [-0.05, 0) is 60.0 Å². The lowest BCUT2D eigenvalue weighted by atomic mass is 10.0. The van der Waals surface area contributed by atoms with Crippen LogP contribution < -0.4 is 4.90 Å². The lowest BCUT2D eigenvalue weighted by molar-refractivity contribution is 0.495. The van der Waals surface area contributed by atoms with Crippen LogP contribution in [0, 0.1) is 0 Å². The summed E-state index contributed by atoms with van der Waals surface area (Å²) in [5.74, 6) is 0. The van der Waals surface area contributed by atoms with Gasteiger partial charge in [0.2, 0.25) is 0 Å². The highest BCUT2D eigenvalue weighted by atomic mass is 15.3. The molecular formula is C29H25N3. The molecule has 1 aliphatic heterocycles. The number of hydrogen-bond acceptors (Lipinski definition) is 2. The van der Waals surface area contributed by atoms with Crippen LogP contribution in [0.2, 0.25) is 0 Å². The van der Waals surface area contributed by atoms with Gasteiger partial charge in [-0.25, -0.2) is 0 Å². The first kappa shape index (κ1) is 18.8. The Morgan fingerprint density at radius 2 is 1.38 bits per heavy atom. The van der Waals surface area contributed by atoms with E-state index < -0.39 is 0 Å². The third-order valence-corrected chi connectivity index (χ3v) is 6.28. The van der Waals surface area contributed by atoms with E-state index >= 15 is 0 Å². The van der Waals surface area contributed by atoms with Crippen molar-refractivity contribution in [1.82, 2.24) is 9.47 Å². The Balaban J connectivity index is 1.41. The molecule has 4 aromatic carbocycles. The van der Waals surface area contributed by atoms with E-state index in [2.05, 4.69) is 131 Å². The first-order valence-electron chi connectivity index (χ1n) is 11.1. The van der Waals surface area contributed by atoms with Crippen molar-refractivity contribution in [2.24, 2.45) is 0 Å². The Labute approximate surface area is 188 Å². The summed E-state index contributed by atoms with van der Waals surface area (Å²) < 4.78 is 2.37. The van der Waals surface area contributed by atoms with Gasteiger partial charge in [-0.3, -0.25) is 0 Å². The van der Waals surface area contributed by atoms with Crippen molar-refractivity contribution in [1.29, 1.82) is 0 Å². The van der Waals surface area contributed by atoms with Crippen LogP contribution in [0.3, 0.4) is 0 Å². The average Bonchev–Trinajstić information content (AvgIpc) is 3.41. The average molecular weight is 416 g/mol. The first-order chi connectivity index (χ1) is 15.8. The van der Waals surface area contributed by atoms with Crippen molar-refractivity contribution >= 4 is 27.5 Å². The van der Waals surface area contributed by atoms with E-state index in [1.54, 1.807) is 0 Å². The predicted molar refractivity (Wildman–Crippen MR) is 134 cm³/mol. The van der Waals surface area contributed by atoms with Gasteiger partial charge in [0.15, 0.2) is 0 Å². The fourth-order valence-corrected chi connectivity index (χ4v) is 4.76. The highest BCUT2D eigenvalue weighted by molar-refractivity contribution is 6.09. The highest BCUT2D eigenvalue weighted by Crippen LogP contribution is 2.33. The molecule has 0 radical (unpaired) electrons. The van der Waals surface area contributed by atoms with E-state index in [1.165, 1.54) is 44.3 Å². The zero-order chi connectivity index (χ0) is 21.5. The molecule has 1 aromatic heterocycles. The van der Waals surface area contributed by atoms with E-state index in [4.69, 9.17) is 0 Å². The third-order valence-electron chi connectivity index (χ3n) is 6.28. The number of anilines is 1. The maximum absolute atomic E-state index is 2.37. The fraction of sp³-hybridized carbons (Fsp3) is 0.103. The molecule has 0 bridgehead atoms. The Morgan fingerprint density at radius 1 is 0.625 bits per heavy atom. The Bertz CT molecular complexity index is 1450. The first-order valence-corrected chi connectivity index (χ1v) is 11.1. The second-order valence-corrected chi connectivity index (χ2v) is 8.55. The van der Waals surface area contributed by atoms with E-state index in [9.17, 15) is 0 Å². The minimum absolute atomic E-state index is 0.897. The molecule has 0 spiro atoms. The Morgan fingerprint density at radius 3 is 2.22 bits per heavy atom. The van der Waals surface area contributed by atoms with Gasteiger partial charge in [0, 0.05) is 41.6 Å². The van der Waals surface area contributed by atoms with Crippen LogP contribution in [0.5, 0.6) is 0 Å². The molecule has 3 nitrogen and oxygen atoms in total. The molecule has 3 heteroatoms. The smallest absolute Gasteiger partial charge is 0.0938 e. The summed E-state index contributed by atoms with van der Waals surface area (Å²) >= 11 is 0. The summed E-state index contributed by atoms with van der Waals surface area (Å²) in [6.07, 6.45) is 5.18. The summed E-state index contributed by atoms with van der Waals surface area (Å²) in [6.45, 7) is 0.897. The van der Waals surface area contributed by atoms with Crippen molar-refractivity contribution in [3.8, 4) is 5.69 Å². The molecule has 32 heavy (non-hydrogen) atoms. The minimum atomic E-state index is 0.897. The summed E-state index contributed by atoms with van der Waals surface area (Å²) in [7, 11) is 2.10. The van der Waals surface area contributed by atoms with Crippen LogP contribution >= 0.6 is 0 Å². The molecule has 6 rings (SSSR count). The lowest BCUT2D eigenvalue weighted by Gasteiger charge is -2.19. The van der Waals surface area contributed by atoms with Crippen LogP contribution in [0.1, 0.15) is 11.1 Å². The second kappa shape index (κ2) is 7.61. The summed E-state index contributed by atoms with van der Waals surface area (Å²) in [5.41, 5.74) is 7.60. The molecule has 1 aliphatic rings. The van der Waals surface area contributed by atoms with Gasteiger partial charge in [0.25, 0.3) is 0 Å². The van der Waals surface area contributed by atoms with Crippen molar-refractivity contribution in [2.75, 3.05) is 18.6 Å². The predicted octanol–water partition coefficient (Wildman–Crippen LogP) is 6.56. The van der Waals surface area contributed by atoms with Crippen LogP contribution in [0.4, 0.5) is 5.69 Å². The van der Waals surface area contributed by atoms with Gasteiger partial charge in [0.1, 0.15) is 0 Å². The lowest BCUT2D eigenvalue weighted by Crippen LogP contribution is -2.21. The molecule has 0 saturated heterocycles. The normalized spacial score (nSPS) is 13.5. The van der Waals surface area contributed by atoms with Crippen LogP contribution in [0.25, 0.3) is 27.5 Å². The molecule has 0 amide bonds. The Hall–Kier alpha value is -3.98. The van der Waals surface area contributed by atoms with Crippen molar-refractivity contribution in [3.63, 3.8) is 0 Å².